The molecule has 0 saturated carbocycles. The van der Waals surface area contributed by atoms with E-state index in [4.69, 9.17) is 11.5 Å². The van der Waals surface area contributed by atoms with E-state index >= 15 is 0 Å². The smallest absolute Gasteiger partial charge is 0.130 e. The van der Waals surface area contributed by atoms with E-state index in [0.717, 1.165) is 29.7 Å². The van der Waals surface area contributed by atoms with Crippen LogP contribution in [0.3, 0.4) is 0 Å². The van der Waals surface area contributed by atoms with E-state index in [-0.39, 0.29) is 0 Å². The minimum absolute atomic E-state index is 0.676. The molecule has 1 aromatic carbocycles. The van der Waals surface area contributed by atoms with Gasteiger partial charge in [-0.15, -0.1) is 0 Å². The molecule has 2 aromatic rings. The van der Waals surface area contributed by atoms with Crippen molar-refractivity contribution >= 4 is 5.82 Å². The van der Waals surface area contributed by atoms with E-state index in [2.05, 4.69) is 18.1 Å². The first-order chi connectivity index (χ1) is 8.24. The van der Waals surface area contributed by atoms with Crippen molar-refractivity contribution in [3.63, 3.8) is 0 Å². The van der Waals surface area contributed by atoms with Gasteiger partial charge in [0, 0.05) is 5.56 Å². The Bertz CT molecular complexity index is 502. The van der Waals surface area contributed by atoms with E-state index < -0.39 is 0 Å². The normalized spacial score (nSPS) is 10.7. The molecule has 0 fully saturated rings. The molecule has 0 unspecified atom stereocenters. The van der Waals surface area contributed by atoms with Crippen molar-refractivity contribution < 1.29 is 0 Å². The number of hydrogen-bond donors (Lipinski definition) is 2. The van der Waals surface area contributed by atoms with E-state index in [1.165, 1.54) is 0 Å². The minimum Gasteiger partial charge on any atom is -0.383 e. The number of para-hydroxylation sites is 1. The van der Waals surface area contributed by atoms with Crippen LogP contribution >= 0.6 is 0 Å². The Morgan fingerprint density at radius 3 is 2.76 bits per heavy atom. The second kappa shape index (κ2) is 5.01. The van der Waals surface area contributed by atoms with Crippen LogP contribution in [0.25, 0.3) is 5.69 Å². The molecule has 1 aromatic heterocycles. The number of rotatable bonds is 4. The summed E-state index contributed by atoms with van der Waals surface area (Å²) >= 11 is 0. The SMILES string of the molecule is Cc1ccccc1-n1ncc(CCCN)c1N. The lowest BCUT2D eigenvalue weighted by Gasteiger charge is -2.08. The van der Waals surface area contributed by atoms with Crippen LogP contribution in [0.4, 0.5) is 5.82 Å². The fraction of sp³-hybridized carbons (Fsp3) is 0.308. The van der Waals surface area contributed by atoms with Crippen LogP contribution in [0.5, 0.6) is 0 Å². The van der Waals surface area contributed by atoms with Gasteiger partial charge in [-0.05, 0) is 37.9 Å². The van der Waals surface area contributed by atoms with Gasteiger partial charge < -0.3 is 11.5 Å². The largest absolute Gasteiger partial charge is 0.383 e. The van der Waals surface area contributed by atoms with Crippen molar-refractivity contribution in [2.45, 2.75) is 19.8 Å². The predicted octanol–water partition coefficient (Wildman–Crippen LogP) is 1.65. The van der Waals surface area contributed by atoms with E-state index in [1.54, 1.807) is 4.68 Å². The highest BCUT2D eigenvalue weighted by Gasteiger charge is 2.09. The van der Waals surface area contributed by atoms with Gasteiger partial charge in [-0.1, -0.05) is 18.2 Å². The highest BCUT2D eigenvalue weighted by molar-refractivity contribution is 5.49. The lowest BCUT2D eigenvalue weighted by atomic mass is 10.2. The summed E-state index contributed by atoms with van der Waals surface area (Å²) in [5.74, 6) is 0.716. The molecule has 0 atom stereocenters. The van der Waals surface area contributed by atoms with Gasteiger partial charge in [-0.3, -0.25) is 0 Å². The number of hydrogen-bond acceptors (Lipinski definition) is 3. The molecule has 0 radical (unpaired) electrons. The van der Waals surface area contributed by atoms with Crippen LogP contribution in [-0.4, -0.2) is 16.3 Å². The number of aromatic nitrogens is 2. The highest BCUT2D eigenvalue weighted by atomic mass is 15.3. The molecule has 4 nitrogen and oxygen atoms in total. The number of anilines is 1. The first kappa shape index (κ1) is 11.7. The zero-order chi connectivity index (χ0) is 12.3. The maximum absolute atomic E-state index is 6.10. The number of nitrogens with zero attached hydrogens (tertiary/aromatic N) is 2. The van der Waals surface area contributed by atoms with Crippen molar-refractivity contribution in [1.82, 2.24) is 9.78 Å². The molecule has 0 spiro atoms. The average Bonchev–Trinajstić information content (AvgIpc) is 2.69. The lowest BCUT2D eigenvalue weighted by molar-refractivity contribution is 0.833. The molecule has 0 aliphatic heterocycles. The van der Waals surface area contributed by atoms with Gasteiger partial charge in [0.1, 0.15) is 5.82 Å². The Morgan fingerprint density at radius 2 is 2.06 bits per heavy atom. The zero-order valence-electron chi connectivity index (χ0n) is 10.1. The van der Waals surface area contributed by atoms with Crippen molar-refractivity contribution in [3.8, 4) is 5.69 Å². The van der Waals surface area contributed by atoms with Crippen LogP contribution < -0.4 is 11.5 Å². The van der Waals surface area contributed by atoms with Crippen LogP contribution in [0, 0.1) is 6.92 Å². The summed E-state index contributed by atoms with van der Waals surface area (Å²) in [5, 5.41) is 4.35. The molecule has 17 heavy (non-hydrogen) atoms. The summed E-state index contributed by atoms with van der Waals surface area (Å²) in [6.45, 7) is 2.73. The molecule has 0 aliphatic rings. The van der Waals surface area contributed by atoms with Crippen molar-refractivity contribution in [1.29, 1.82) is 0 Å². The first-order valence-corrected chi connectivity index (χ1v) is 5.82. The number of aryl methyl sites for hydroxylation is 2. The van der Waals surface area contributed by atoms with Crippen molar-refractivity contribution in [3.05, 3.63) is 41.6 Å². The quantitative estimate of drug-likeness (QED) is 0.839. The van der Waals surface area contributed by atoms with Crippen LogP contribution in [0.1, 0.15) is 17.5 Å². The molecule has 2 rings (SSSR count). The molecule has 4 N–H and O–H groups in total. The van der Waals surface area contributed by atoms with Crippen molar-refractivity contribution in [2.24, 2.45) is 5.73 Å². The summed E-state index contributed by atoms with van der Waals surface area (Å²) in [6.07, 6.45) is 3.65. The molecule has 0 amide bonds. The van der Waals surface area contributed by atoms with Crippen molar-refractivity contribution in [2.75, 3.05) is 12.3 Å². The van der Waals surface area contributed by atoms with Gasteiger partial charge in [-0.2, -0.15) is 5.10 Å². The second-order valence-corrected chi connectivity index (χ2v) is 4.15. The standard InChI is InChI=1S/C13H18N4/c1-10-5-2-3-7-12(10)17-13(15)11(9-16-17)6-4-8-14/h2-3,5,7,9H,4,6,8,14-15H2,1H3. The zero-order valence-corrected chi connectivity index (χ0v) is 10.1. The van der Waals surface area contributed by atoms with Gasteiger partial charge in [0.25, 0.3) is 0 Å². The summed E-state index contributed by atoms with van der Waals surface area (Å²) < 4.78 is 1.79. The van der Waals surface area contributed by atoms with E-state index in [1.807, 2.05) is 24.4 Å². The number of benzene rings is 1. The van der Waals surface area contributed by atoms with E-state index in [0.29, 0.717) is 12.4 Å². The van der Waals surface area contributed by atoms with Gasteiger partial charge in [0.05, 0.1) is 11.9 Å². The van der Waals surface area contributed by atoms with Gasteiger partial charge in [0.2, 0.25) is 0 Å². The fourth-order valence-electron chi connectivity index (χ4n) is 1.87. The maximum atomic E-state index is 6.10. The highest BCUT2D eigenvalue weighted by Crippen LogP contribution is 2.20. The molecule has 90 valence electrons. The topological polar surface area (TPSA) is 69.9 Å². The molecule has 0 aliphatic carbocycles. The summed E-state index contributed by atoms with van der Waals surface area (Å²) in [4.78, 5) is 0. The van der Waals surface area contributed by atoms with Crippen LogP contribution in [-0.2, 0) is 6.42 Å². The summed E-state index contributed by atoms with van der Waals surface area (Å²) in [7, 11) is 0. The van der Waals surface area contributed by atoms with Gasteiger partial charge in [0.15, 0.2) is 0 Å². The number of nitrogen functional groups attached to an aromatic ring is 1. The van der Waals surface area contributed by atoms with Gasteiger partial charge >= 0.3 is 0 Å². The van der Waals surface area contributed by atoms with E-state index in [9.17, 15) is 0 Å². The number of nitrogens with two attached hydrogens (primary N) is 2. The molecular weight excluding hydrogens is 212 g/mol. The third-order valence-corrected chi connectivity index (χ3v) is 2.88. The maximum Gasteiger partial charge on any atom is 0.130 e. The molecular formula is C13H18N4. The Kier molecular flexibility index (Phi) is 3.44. The second-order valence-electron chi connectivity index (χ2n) is 4.15. The monoisotopic (exact) mass is 230 g/mol. The molecule has 1 heterocycles. The lowest BCUT2D eigenvalue weighted by Crippen LogP contribution is -2.05. The minimum atomic E-state index is 0.676. The fourth-order valence-corrected chi connectivity index (χ4v) is 1.87. The first-order valence-electron chi connectivity index (χ1n) is 5.82. The third-order valence-electron chi connectivity index (χ3n) is 2.88. The third kappa shape index (κ3) is 2.31. The molecule has 0 bridgehead atoms. The van der Waals surface area contributed by atoms with Crippen LogP contribution in [0.2, 0.25) is 0 Å². The Morgan fingerprint density at radius 1 is 1.29 bits per heavy atom. The Hall–Kier alpha value is -1.81. The van der Waals surface area contributed by atoms with Crippen LogP contribution in [0.15, 0.2) is 30.5 Å². The Balaban J connectivity index is 2.34. The summed E-state index contributed by atoms with van der Waals surface area (Å²) in [6, 6.07) is 8.07. The molecule has 4 heteroatoms. The summed E-state index contributed by atoms with van der Waals surface area (Å²) in [5.41, 5.74) is 14.9. The van der Waals surface area contributed by atoms with Gasteiger partial charge in [-0.25, -0.2) is 4.68 Å². The Labute approximate surface area is 101 Å². The molecule has 0 saturated heterocycles. The average molecular weight is 230 g/mol. The predicted molar refractivity (Wildman–Crippen MR) is 70.1 cm³/mol.